The van der Waals surface area contributed by atoms with Crippen molar-refractivity contribution >= 4 is 23.5 Å². The summed E-state index contributed by atoms with van der Waals surface area (Å²) < 4.78 is 0. The lowest BCUT2D eigenvalue weighted by Gasteiger charge is -2.03. The molecule has 0 amide bonds. The van der Waals surface area contributed by atoms with E-state index in [9.17, 15) is 0 Å². The first-order valence-electron chi connectivity index (χ1n) is 8.18. The van der Waals surface area contributed by atoms with E-state index in [0.29, 0.717) is 6.61 Å². The molecule has 0 bridgehead atoms. The minimum Gasteiger partial charge on any atom is -0.396 e. The third-order valence-corrected chi connectivity index (χ3v) is 5.74. The molecule has 0 radical (unpaired) electrons. The molecule has 0 aliphatic carbocycles. The monoisotopic (exact) mass is 306 g/mol. The molecule has 0 saturated heterocycles. The molecule has 0 aromatic rings. The van der Waals surface area contributed by atoms with Crippen molar-refractivity contribution in [3.8, 4) is 0 Å². The van der Waals surface area contributed by atoms with Crippen molar-refractivity contribution < 1.29 is 5.11 Å². The molecule has 3 heteroatoms. The molecule has 1 N–H and O–H groups in total. The van der Waals surface area contributed by atoms with Crippen molar-refractivity contribution in [1.82, 2.24) is 0 Å². The number of hydrogen-bond donors (Lipinski definition) is 1. The number of unbranched alkanes of at least 4 members (excludes halogenated alkanes) is 9. The average molecular weight is 307 g/mol. The van der Waals surface area contributed by atoms with Crippen LogP contribution in [0.2, 0.25) is 0 Å². The molecule has 1 nitrogen and oxygen atoms in total. The molecule has 19 heavy (non-hydrogen) atoms. The lowest BCUT2D eigenvalue weighted by atomic mass is 10.1. The van der Waals surface area contributed by atoms with Crippen LogP contribution in [-0.2, 0) is 0 Å². The Morgan fingerprint density at radius 2 is 1.11 bits per heavy atom. The summed E-state index contributed by atoms with van der Waals surface area (Å²) in [7, 11) is 0. The Morgan fingerprint density at radius 3 is 1.63 bits per heavy atom. The van der Waals surface area contributed by atoms with Gasteiger partial charge in [0.1, 0.15) is 0 Å². The second-order valence-electron chi connectivity index (χ2n) is 5.19. The highest BCUT2D eigenvalue weighted by molar-refractivity contribution is 8.15. The van der Waals surface area contributed by atoms with Crippen molar-refractivity contribution in [2.75, 3.05) is 23.2 Å². The molecule has 0 aromatic carbocycles. The third kappa shape index (κ3) is 18.7. The number of thioether (sulfide) groups is 2. The van der Waals surface area contributed by atoms with Crippen LogP contribution in [0.4, 0.5) is 0 Å². The second kappa shape index (κ2) is 18.7. The Hall–Kier alpha value is 0.660. The van der Waals surface area contributed by atoms with E-state index in [1.807, 2.05) is 0 Å². The van der Waals surface area contributed by atoms with Crippen molar-refractivity contribution in [3.05, 3.63) is 0 Å². The van der Waals surface area contributed by atoms with E-state index in [-0.39, 0.29) is 0 Å². The third-order valence-electron chi connectivity index (χ3n) is 3.26. The molecular weight excluding hydrogens is 272 g/mol. The number of hydrogen-bond acceptors (Lipinski definition) is 3. The van der Waals surface area contributed by atoms with Crippen LogP contribution >= 0.6 is 23.5 Å². The van der Waals surface area contributed by atoms with Gasteiger partial charge >= 0.3 is 0 Å². The first-order valence-corrected chi connectivity index (χ1v) is 10.5. The van der Waals surface area contributed by atoms with Gasteiger partial charge < -0.3 is 5.11 Å². The lowest BCUT2D eigenvalue weighted by Crippen LogP contribution is -1.86. The van der Waals surface area contributed by atoms with Gasteiger partial charge in [0, 0.05) is 11.7 Å². The molecule has 0 heterocycles. The summed E-state index contributed by atoms with van der Waals surface area (Å²) in [5.41, 5.74) is 0. The standard InChI is InChI=1S/C16H34OS2/c1-2-3-11-14-18-16-19-15-12-9-7-5-4-6-8-10-13-17/h17H,2-16H2,1H3. The molecule has 116 valence electrons. The Morgan fingerprint density at radius 1 is 0.632 bits per heavy atom. The van der Waals surface area contributed by atoms with Crippen LogP contribution < -0.4 is 0 Å². The quantitative estimate of drug-likeness (QED) is 0.291. The number of rotatable bonds is 16. The Balaban J connectivity index is 2.88. The summed E-state index contributed by atoms with van der Waals surface area (Å²) in [6, 6.07) is 0. The normalized spacial score (nSPS) is 11.1. The van der Waals surface area contributed by atoms with Gasteiger partial charge in [-0.05, 0) is 30.8 Å². The maximum absolute atomic E-state index is 8.67. The summed E-state index contributed by atoms with van der Waals surface area (Å²) in [5.74, 6) is 2.71. The smallest absolute Gasteiger partial charge is 0.0431 e. The van der Waals surface area contributed by atoms with E-state index in [1.54, 1.807) is 0 Å². The van der Waals surface area contributed by atoms with Crippen molar-refractivity contribution in [1.29, 1.82) is 0 Å². The van der Waals surface area contributed by atoms with Crippen molar-refractivity contribution in [3.63, 3.8) is 0 Å². The van der Waals surface area contributed by atoms with Gasteiger partial charge in [0.05, 0.1) is 0 Å². The van der Waals surface area contributed by atoms with Gasteiger partial charge in [-0.1, -0.05) is 58.3 Å². The molecule has 0 aliphatic heterocycles. The minimum atomic E-state index is 0.369. The fourth-order valence-corrected chi connectivity index (χ4v) is 4.24. The number of aliphatic hydroxyl groups is 1. The molecule has 0 rings (SSSR count). The molecule has 0 atom stereocenters. The molecule has 0 aromatic heterocycles. The van der Waals surface area contributed by atoms with Gasteiger partial charge in [0.25, 0.3) is 0 Å². The van der Waals surface area contributed by atoms with Gasteiger partial charge in [0.2, 0.25) is 0 Å². The van der Waals surface area contributed by atoms with E-state index in [2.05, 4.69) is 30.4 Å². The van der Waals surface area contributed by atoms with Crippen LogP contribution in [0.5, 0.6) is 0 Å². The number of aliphatic hydroxyl groups excluding tert-OH is 1. The van der Waals surface area contributed by atoms with Crippen molar-refractivity contribution in [2.24, 2.45) is 0 Å². The van der Waals surface area contributed by atoms with Crippen LogP contribution in [0.25, 0.3) is 0 Å². The molecule has 0 spiro atoms. The largest absolute Gasteiger partial charge is 0.396 e. The van der Waals surface area contributed by atoms with E-state index in [0.717, 1.165) is 6.42 Å². The summed E-state index contributed by atoms with van der Waals surface area (Å²) >= 11 is 4.24. The van der Waals surface area contributed by atoms with Gasteiger partial charge in [-0.25, -0.2) is 0 Å². The summed E-state index contributed by atoms with van der Waals surface area (Å²) in [6.07, 6.45) is 14.6. The van der Waals surface area contributed by atoms with Gasteiger partial charge in [-0.15, -0.1) is 0 Å². The van der Waals surface area contributed by atoms with Gasteiger partial charge in [-0.2, -0.15) is 23.5 Å². The van der Waals surface area contributed by atoms with Crippen molar-refractivity contribution in [2.45, 2.75) is 77.6 Å². The minimum absolute atomic E-state index is 0.369. The van der Waals surface area contributed by atoms with Crippen LogP contribution in [0.3, 0.4) is 0 Å². The molecular formula is C16H34OS2. The zero-order valence-electron chi connectivity index (χ0n) is 12.9. The van der Waals surface area contributed by atoms with Crippen LogP contribution in [0.15, 0.2) is 0 Å². The first kappa shape index (κ1) is 19.7. The maximum atomic E-state index is 8.67. The van der Waals surface area contributed by atoms with Gasteiger partial charge in [0.15, 0.2) is 0 Å². The van der Waals surface area contributed by atoms with E-state index in [4.69, 9.17) is 5.11 Å². The Kier molecular flexibility index (Phi) is 19.3. The maximum Gasteiger partial charge on any atom is 0.0431 e. The topological polar surface area (TPSA) is 20.2 Å². The summed E-state index contributed by atoms with van der Waals surface area (Å²) in [4.78, 5) is 0. The molecule has 0 aliphatic rings. The highest BCUT2D eigenvalue weighted by Crippen LogP contribution is 2.16. The van der Waals surface area contributed by atoms with Crippen LogP contribution in [-0.4, -0.2) is 28.3 Å². The zero-order chi connectivity index (χ0) is 14.0. The average Bonchev–Trinajstić information content (AvgIpc) is 2.43. The fourth-order valence-electron chi connectivity index (χ4n) is 2.01. The Labute approximate surface area is 129 Å². The first-order chi connectivity index (χ1) is 9.41. The predicted octanol–water partition coefficient (Wildman–Crippen LogP) is 5.71. The molecule has 0 unspecified atom stereocenters. The SMILES string of the molecule is CCCCCSCSCCCCCCCCCCO. The van der Waals surface area contributed by atoms with E-state index < -0.39 is 0 Å². The molecule has 0 saturated carbocycles. The summed E-state index contributed by atoms with van der Waals surface area (Å²) in [5, 5.41) is 9.96. The molecule has 0 fully saturated rings. The fraction of sp³-hybridized carbons (Fsp3) is 1.00. The summed E-state index contributed by atoms with van der Waals surface area (Å²) in [6.45, 7) is 2.64. The Bertz CT molecular complexity index is 138. The lowest BCUT2D eigenvalue weighted by molar-refractivity contribution is 0.282. The zero-order valence-corrected chi connectivity index (χ0v) is 14.5. The van der Waals surface area contributed by atoms with E-state index in [1.165, 1.54) is 80.8 Å². The van der Waals surface area contributed by atoms with E-state index >= 15 is 0 Å². The van der Waals surface area contributed by atoms with Crippen LogP contribution in [0.1, 0.15) is 77.6 Å². The highest BCUT2D eigenvalue weighted by Gasteiger charge is 1.94. The second-order valence-corrected chi connectivity index (χ2v) is 7.77. The van der Waals surface area contributed by atoms with Gasteiger partial charge in [-0.3, -0.25) is 0 Å². The highest BCUT2D eigenvalue weighted by atomic mass is 32.2. The predicted molar refractivity (Wildman–Crippen MR) is 93.3 cm³/mol. The van der Waals surface area contributed by atoms with Crippen LogP contribution in [0, 0.1) is 0 Å².